The molecule has 1 aromatic rings. The van der Waals surface area contributed by atoms with E-state index in [9.17, 15) is 9.59 Å². The molecule has 2 N–H and O–H groups in total. The van der Waals surface area contributed by atoms with E-state index in [1.54, 1.807) is 20.8 Å². The van der Waals surface area contributed by atoms with Crippen LogP contribution in [0.5, 0.6) is 0 Å². The minimum absolute atomic E-state index is 0.353. The van der Waals surface area contributed by atoms with E-state index in [1.165, 1.54) is 0 Å². The van der Waals surface area contributed by atoms with Gasteiger partial charge in [0.15, 0.2) is 6.23 Å². The first-order valence-electron chi connectivity index (χ1n) is 7.77. The van der Waals surface area contributed by atoms with Gasteiger partial charge in [-0.1, -0.05) is 30.3 Å². The van der Waals surface area contributed by atoms with Crippen molar-refractivity contribution in [3.63, 3.8) is 0 Å². The number of amides is 1. The van der Waals surface area contributed by atoms with Crippen molar-refractivity contribution in [1.82, 2.24) is 10.6 Å². The Balaban J connectivity index is 2.06. The highest BCUT2D eigenvalue weighted by atomic mass is 16.6. The summed E-state index contributed by atoms with van der Waals surface area (Å²) < 4.78 is 10.7. The molecule has 1 aromatic carbocycles. The van der Waals surface area contributed by atoms with Crippen molar-refractivity contribution in [2.45, 2.75) is 45.1 Å². The quantitative estimate of drug-likeness (QED) is 0.792. The summed E-state index contributed by atoms with van der Waals surface area (Å²) in [5, 5.41) is 5.66. The number of hydrogen-bond donors (Lipinski definition) is 2. The van der Waals surface area contributed by atoms with Crippen LogP contribution in [0.4, 0.5) is 0 Å². The lowest BCUT2D eigenvalue weighted by atomic mass is 10.1. The van der Waals surface area contributed by atoms with Crippen LogP contribution in [0.2, 0.25) is 0 Å². The Kier molecular flexibility index (Phi) is 5.74. The van der Waals surface area contributed by atoms with Crippen LogP contribution in [-0.4, -0.2) is 42.9 Å². The summed E-state index contributed by atoms with van der Waals surface area (Å²) in [5.41, 5.74) is 0.336. The predicted molar refractivity (Wildman–Crippen MR) is 85.7 cm³/mol. The summed E-state index contributed by atoms with van der Waals surface area (Å²) in [6, 6.07) is 8.76. The monoisotopic (exact) mass is 320 g/mol. The van der Waals surface area contributed by atoms with Crippen LogP contribution in [0.25, 0.3) is 0 Å². The minimum Gasteiger partial charge on any atom is -0.458 e. The number of hydrogen-bond acceptors (Lipinski definition) is 5. The lowest BCUT2D eigenvalue weighted by Gasteiger charge is -2.25. The van der Waals surface area contributed by atoms with Gasteiger partial charge in [0.25, 0.3) is 5.91 Å². The Morgan fingerprint density at radius 1 is 1.35 bits per heavy atom. The lowest BCUT2D eigenvalue weighted by molar-refractivity contribution is -0.159. The molecule has 6 nitrogen and oxygen atoms in total. The molecule has 1 saturated heterocycles. The molecule has 1 aliphatic heterocycles. The van der Waals surface area contributed by atoms with Gasteiger partial charge in [0.2, 0.25) is 0 Å². The smallest absolute Gasteiger partial charge is 0.329 e. The highest BCUT2D eigenvalue weighted by Crippen LogP contribution is 2.12. The fourth-order valence-electron chi connectivity index (χ4n) is 2.26. The van der Waals surface area contributed by atoms with Gasteiger partial charge in [-0.3, -0.25) is 10.1 Å². The second kappa shape index (κ2) is 7.57. The molecule has 0 bridgehead atoms. The number of rotatable bonds is 5. The van der Waals surface area contributed by atoms with Gasteiger partial charge >= 0.3 is 5.97 Å². The van der Waals surface area contributed by atoms with Gasteiger partial charge in [0.05, 0.1) is 6.61 Å². The Morgan fingerprint density at radius 2 is 2.04 bits per heavy atom. The van der Waals surface area contributed by atoms with E-state index in [1.807, 2.05) is 30.3 Å². The van der Waals surface area contributed by atoms with Crippen LogP contribution < -0.4 is 10.6 Å². The van der Waals surface area contributed by atoms with E-state index in [0.29, 0.717) is 19.6 Å². The highest BCUT2D eigenvalue weighted by Gasteiger charge is 2.30. The van der Waals surface area contributed by atoms with Crippen molar-refractivity contribution >= 4 is 11.9 Å². The van der Waals surface area contributed by atoms with Gasteiger partial charge in [-0.25, -0.2) is 4.79 Å². The van der Waals surface area contributed by atoms with Crippen LogP contribution in [0, 0.1) is 0 Å². The standard InChI is InChI=1S/C17H24N2O4/c1-17(2,3)23-16(21)13(11-12-7-5-4-6-8-12)19-14(20)15-18-9-10-22-15/h4-8,13,15,18H,9-11H2,1-3H3,(H,19,20). The molecule has 23 heavy (non-hydrogen) atoms. The van der Waals surface area contributed by atoms with Crippen molar-refractivity contribution < 1.29 is 19.1 Å². The summed E-state index contributed by atoms with van der Waals surface area (Å²) >= 11 is 0. The van der Waals surface area contributed by atoms with E-state index >= 15 is 0 Å². The number of esters is 1. The molecule has 126 valence electrons. The summed E-state index contributed by atoms with van der Waals surface area (Å²) in [4.78, 5) is 24.6. The molecule has 0 saturated carbocycles. The van der Waals surface area contributed by atoms with E-state index in [4.69, 9.17) is 9.47 Å². The zero-order valence-electron chi connectivity index (χ0n) is 13.8. The number of carbonyl (C=O) groups excluding carboxylic acids is 2. The Bertz CT molecular complexity index is 533. The zero-order chi connectivity index (χ0) is 16.9. The van der Waals surface area contributed by atoms with Gasteiger partial charge in [0, 0.05) is 13.0 Å². The van der Waals surface area contributed by atoms with E-state index in [2.05, 4.69) is 10.6 Å². The summed E-state index contributed by atoms with van der Waals surface area (Å²) in [6.07, 6.45) is -0.343. The summed E-state index contributed by atoms with van der Waals surface area (Å²) in [6.45, 7) is 6.50. The number of nitrogens with one attached hydrogen (secondary N) is 2. The highest BCUT2D eigenvalue weighted by molar-refractivity contribution is 5.87. The summed E-state index contributed by atoms with van der Waals surface area (Å²) in [5.74, 6) is -0.804. The normalized spacial score (nSPS) is 19.2. The van der Waals surface area contributed by atoms with Crippen molar-refractivity contribution in [1.29, 1.82) is 0 Å². The second-order valence-electron chi connectivity index (χ2n) is 6.49. The maximum Gasteiger partial charge on any atom is 0.329 e. The van der Waals surface area contributed by atoms with Crippen LogP contribution in [0.15, 0.2) is 30.3 Å². The number of benzene rings is 1. The van der Waals surface area contributed by atoms with Gasteiger partial charge in [-0.2, -0.15) is 0 Å². The third-order valence-electron chi connectivity index (χ3n) is 3.24. The van der Waals surface area contributed by atoms with Gasteiger partial charge < -0.3 is 14.8 Å². The molecule has 2 rings (SSSR count). The maximum absolute atomic E-state index is 12.4. The Labute approximate surface area is 136 Å². The molecule has 1 aliphatic rings. The average molecular weight is 320 g/mol. The van der Waals surface area contributed by atoms with Gasteiger partial charge in [-0.05, 0) is 26.3 Å². The van der Waals surface area contributed by atoms with Gasteiger partial charge in [-0.15, -0.1) is 0 Å². The van der Waals surface area contributed by atoms with E-state index < -0.39 is 23.8 Å². The zero-order valence-corrected chi connectivity index (χ0v) is 13.8. The fraction of sp³-hybridized carbons (Fsp3) is 0.529. The van der Waals surface area contributed by atoms with Crippen LogP contribution in [-0.2, 0) is 25.5 Å². The number of carbonyl (C=O) groups is 2. The van der Waals surface area contributed by atoms with Crippen LogP contribution in [0.3, 0.4) is 0 Å². The predicted octanol–water partition coefficient (Wildman–Crippen LogP) is 1.00. The topological polar surface area (TPSA) is 76.7 Å². The Hall–Kier alpha value is -1.92. The second-order valence-corrected chi connectivity index (χ2v) is 6.49. The average Bonchev–Trinajstić information content (AvgIpc) is 3.00. The largest absolute Gasteiger partial charge is 0.458 e. The Morgan fingerprint density at radius 3 is 2.61 bits per heavy atom. The third-order valence-corrected chi connectivity index (χ3v) is 3.24. The molecular formula is C17H24N2O4. The minimum atomic E-state index is -0.755. The van der Waals surface area contributed by atoms with Crippen molar-refractivity contribution in [2.75, 3.05) is 13.2 Å². The van der Waals surface area contributed by atoms with Crippen molar-refractivity contribution in [3.05, 3.63) is 35.9 Å². The van der Waals surface area contributed by atoms with Gasteiger partial charge in [0.1, 0.15) is 11.6 Å². The maximum atomic E-state index is 12.4. The van der Waals surface area contributed by atoms with Crippen LogP contribution in [0.1, 0.15) is 26.3 Å². The molecule has 1 fully saturated rings. The molecule has 1 amide bonds. The first-order chi connectivity index (χ1) is 10.8. The molecular weight excluding hydrogens is 296 g/mol. The SMILES string of the molecule is CC(C)(C)OC(=O)C(Cc1ccccc1)NC(=O)C1NCCO1. The third kappa shape index (κ3) is 5.65. The number of ether oxygens (including phenoxy) is 2. The lowest BCUT2D eigenvalue weighted by Crippen LogP contribution is -2.51. The molecule has 6 heteroatoms. The molecule has 0 radical (unpaired) electrons. The first-order valence-corrected chi connectivity index (χ1v) is 7.77. The van der Waals surface area contributed by atoms with Crippen LogP contribution >= 0.6 is 0 Å². The van der Waals surface area contributed by atoms with Crippen molar-refractivity contribution in [2.24, 2.45) is 0 Å². The van der Waals surface area contributed by atoms with E-state index in [-0.39, 0.29) is 5.91 Å². The molecule has 1 heterocycles. The van der Waals surface area contributed by atoms with Crippen molar-refractivity contribution in [3.8, 4) is 0 Å². The molecule has 0 aromatic heterocycles. The molecule has 2 atom stereocenters. The van der Waals surface area contributed by atoms with E-state index in [0.717, 1.165) is 5.56 Å². The first kappa shape index (κ1) is 17.4. The molecule has 0 spiro atoms. The summed E-state index contributed by atoms with van der Waals surface area (Å²) in [7, 11) is 0. The fourth-order valence-corrected chi connectivity index (χ4v) is 2.26. The molecule has 2 unspecified atom stereocenters. The molecule has 0 aliphatic carbocycles.